The number of rotatable bonds is 2. The molecule has 7 heteroatoms. The van der Waals surface area contributed by atoms with Gasteiger partial charge in [0.1, 0.15) is 0 Å². The third-order valence-corrected chi connectivity index (χ3v) is 5.61. The van der Waals surface area contributed by atoms with Crippen LogP contribution in [0.4, 0.5) is 5.13 Å². The fourth-order valence-corrected chi connectivity index (χ4v) is 4.06. The van der Waals surface area contributed by atoms with Crippen LogP contribution in [0.5, 0.6) is 0 Å². The molecule has 0 unspecified atom stereocenters. The predicted molar refractivity (Wildman–Crippen MR) is 93.4 cm³/mol. The lowest BCUT2D eigenvalue weighted by Gasteiger charge is -2.14. The molecule has 1 amide bonds. The number of anilines is 1. The molecule has 0 spiro atoms. The summed E-state index contributed by atoms with van der Waals surface area (Å²) in [6.45, 7) is 1.84. The molecule has 3 aromatic rings. The molecule has 0 atom stereocenters. The third kappa shape index (κ3) is 2.24. The lowest BCUT2D eigenvalue weighted by atomic mass is 10.0. The van der Waals surface area contributed by atoms with E-state index in [0.29, 0.717) is 10.7 Å². The number of carbonyl (C=O) groups excluding carboxylic acids is 1. The number of hydrogen-bond acceptors (Lipinski definition) is 5. The van der Waals surface area contributed by atoms with Crippen molar-refractivity contribution in [1.82, 2.24) is 19.7 Å². The van der Waals surface area contributed by atoms with Crippen molar-refractivity contribution in [1.29, 1.82) is 0 Å². The van der Waals surface area contributed by atoms with E-state index >= 15 is 0 Å². The molecule has 0 bridgehead atoms. The maximum Gasteiger partial charge on any atom is 0.261 e. The lowest BCUT2D eigenvalue weighted by molar-refractivity contribution is 0.0992. The second-order valence-corrected chi connectivity index (χ2v) is 6.96. The van der Waals surface area contributed by atoms with Crippen LogP contribution in [0.1, 0.15) is 26.6 Å². The molecule has 0 aromatic carbocycles. The first kappa shape index (κ1) is 15.0. The van der Waals surface area contributed by atoms with E-state index in [1.807, 2.05) is 24.9 Å². The fraction of sp³-hybridized carbons (Fsp3) is 0.294. The van der Waals surface area contributed by atoms with Crippen molar-refractivity contribution < 1.29 is 4.79 Å². The molecule has 1 aliphatic carbocycles. The van der Waals surface area contributed by atoms with Crippen LogP contribution in [0.2, 0.25) is 0 Å². The fourth-order valence-electron chi connectivity index (χ4n) is 3.03. The summed E-state index contributed by atoms with van der Waals surface area (Å²) in [5, 5.41) is 5.05. The van der Waals surface area contributed by atoms with E-state index in [9.17, 15) is 4.79 Å². The Bertz CT molecular complexity index is 942. The van der Waals surface area contributed by atoms with Crippen LogP contribution >= 0.6 is 11.3 Å². The van der Waals surface area contributed by atoms with Gasteiger partial charge in [-0.2, -0.15) is 5.10 Å². The van der Waals surface area contributed by atoms with Gasteiger partial charge in [0.2, 0.25) is 0 Å². The highest BCUT2D eigenvalue weighted by Crippen LogP contribution is 2.39. The van der Waals surface area contributed by atoms with Crippen LogP contribution < -0.4 is 4.90 Å². The van der Waals surface area contributed by atoms with E-state index < -0.39 is 0 Å². The number of carbonyl (C=O) groups is 1. The van der Waals surface area contributed by atoms with E-state index in [0.717, 1.165) is 29.8 Å². The largest absolute Gasteiger partial charge is 0.287 e. The highest BCUT2D eigenvalue weighted by atomic mass is 32.1. The molecule has 3 aromatic heterocycles. The Labute approximate surface area is 143 Å². The van der Waals surface area contributed by atoms with Gasteiger partial charge in [-0.15, -0.1) is 11.3 Å². The number of thiazole rings is 1. The van der Waals surface area contributed by atoms with Gasteiger partial charge in [-0.1, -0.05) is 0 Å². The number of aryl methyl sites for hydroxylation is 3. The smallest absolute Gasteiger partial charge is 0.261 e. The van der Waals surface area contributed by atoms with Crippen molar-refractivity contribution in [3.63, 3.8) is 0 Å². The molecule has 24 heavy (non-hydrogen) atoms. The summed E-state index contributed by atoms with van der Waals surface area (Å²) in [5.74, 6) is -0.0851. The minimum Gasteiger partial charge on any atom is -0.287 e. The van der Waals surface area contributed by atoms with Gasteiger partial charge in [0.15, 0.2) is 5.13 Å². The molecule has 1 aliphatic rings. The van der Waals surface area contributed by atoms with Gasteiger partial charge in [0.25, 0.3) is 5.91 Å². The number of amides is 1. The lowest BCUT2D eigenvalue weighted by Crippen LogP contribution is -2.27. The van der Waals surface area contributed by atoms with Crippen molar-refractivity contribution in [2.24, 2.45) is 7.05 Å². The van der Waals surface area contributed by atoms with Crippen LogP contribution in [0, 0.1) is 6.92 Å². The van der Waals surface area contributed by atoms with Crippen molar-refractivity contribution in [3.05, 3.63) is 46.4 Å². The molecule has 0 radical (unpaired) electrons. The highest BCUT2D eigenvalue weighted by molar-refractivity contribution is 7.16. The molecule has 0 fully saturated rings. The molecule has 0 aliphatic heterocycles. The van der Waals surface area contributed by atoms with E-state index in [1.54, 1.807) is 41.6 Å². The van der Waals surface area contributed by atoms with Crippen molar-refractivity contribution in [2.45, 2.75) is 19.8 Å². The zero-order valence-corrected chi connectivity index (χ0v) is 14.6. The van der Waals surface area contributed by atoms with Crippen LogP contribution in [0.15, 0.2) is 24.5 Å². The Morgan fingerprint density at radius 1 is 1.38 bits per heavy atom. The SMILES string of the molecule is Cc1ncccc1C(=O)N(C)c1nc2c(s1)CCc1c-2cnn1C. The van der Waals surface area contributed by atoms with Gasteiger partial charge >= 0.3 is 0 Å². The second kappa shape index (κ2) is 5.52. The van der Waals surface area contributed by atoms with Gasteiger partial charge in [-0.25, -0.2) is 4.98 Å². The Kier molecular flexibility index (Phi) is 3.45. The average Bonchev–Trinajstić information content (AvgIpc) is 3.17. The molecule has 3 heterocycles. The average molecular weight is 339 g/mol. The highest BCUT2D eigenvalue weighted by Gasteiger charge is 2.26. The van der Waals surface area contributed by atoms with E-state index in [2.05, 4.69) is 10.1 Å². The van der Waals surface area contributed by atoms with E-state index in [-0.39, 0.29) is 5.91 Å². The molecule has 4 rings (SSSR count). The Hall–Kier alpha value is -2.54. The first-order valence-electron chi connectivity index (χ1n) is 7.77. The molecule has 122 valence electrons. The Morgan fingerprint density at radius 3 is 3.00 bits per heavy atom. The topological polar surface area (TPSA) is 63.9 Å². The van der Waals surface area contributed by atoms with Crippen molar-refractivity contribution >= 4 is 22.4 Å². The number of aromatic nitrogens is 4. The van der Waals surface area contributed by atoms with E-state index in [1.165, 1.54) is 10.6 Å². The first-order valence-corrected chi connectivity index (χ1v) is 8.58. The third-order valence-electron chi connectivity index (χ3n) is 4.42. The second-order valence-electron chi connectivity index (χ2n) is 5.90. The van der Waals surface area contributed by atoms with E-state index in [4.69, 9.17) is 4.98 Å². The number of fused-ring (bicyclic) bond motifs is 3. The zero-order chi connectivity index (χ0) is 16.8. The van der Waals surface area contributed by atoms with Gasteiger partial charge in [-0.05, 0) is 31.9 Å². The summed E-state index contributed by atoms with van der Waals surface area (Å²) in [4.78, 5) is 24.5. The summed E-state index contributed by atoms with van der Waals surface area (Å²) in [5.41, 5.74) is 4.59. The predicted octanol–water partition coefficient (Wildman–Crippen LogP) is 2.62. The Morgan fingerprint density at radius 2 is 2.21 bits per heavy atom. The summed E-state index contributed by atoms with van der Waals surface area (Å²) >= 11 is 1.58. The number of nitrogens with zero attached hydrogens (tertiary/aromatic N) is 5. The summed E-state index contributed by atoms with van der Waals surface area (Å²) in [7, 11) is 3.72. The Balaban J connectivity index is 1.71. The normalized spacial score (nSPS) is 12.6. The van der Waals surface area contributed by atoms with Crippen LogP contribution in [0.3, 0.4) is 0 Å². The molecule has 0 saturated heterocycles. The first-order chi connectivity index (χ1) is 11.6. The number of pyridine rings is 1. The minimum atomic E-state index is -0.0851. The van der Waals surface area contributed by atoms with Gasteiger partial charge in [0, 0.05) is 42.1 Å². The monoisotopic (exact) mass is 339 g/mol. The van der Waals surface area contributed by atoms with Crippen molar-refractivity contribution in [2.75, 3.05) is 11.9 Å². The number of hydrogen-bond donors (Lipinski definition) is 0. The zero-order valence-electron chi connectivity index (χ0n) is 13.8. The van der Waals surface area contributed by atoms with Crippen LogP contribution in [-0.4, -0.2) is 32.7 Å². The molecule has 0 saturated carbocycles. The molecular formula is C17H17N5OS. The van der Waals surface area contributed by atoms with Gasteiger partial charge in [0.05, 0.1) is 17.5 Å². The molecule has 6 nitrogen and oxygen atoms in total. The molecular weight excluding hydrogens is 322 g/mol. The van der Waals surface area contributed by atoms with Crippen molar-refractivity contribution in [3.8, 4) is 11.3 Å². The minimum absolute atomic E-state index is 0.0851. The maximum atomic E-state index is 12.8. The van der Waals surface area contributed by atoms with Gasteiger partial charge < -0.3 is 0 Å². The summed E-state index contributed by atoms with van der Waals surface area (Å²) in [6, 6.07) is 3.58. The quantitative estimate of drug-likeness (QED) is 0.720. The summed E-state index contributed by atoms with van der Waals surface area (Å²) in [6.07, 6.45) is 5.45. The van der Waals surface area contributed by atoms with Gasteiger partial charge in [-0.3, -0.25) is 19.4 Å². The van der Waals surface area contributed by atoms with Crippen LogP contribution in [0.25, 0.3) is 11.3 Å². The summed E-state index contributed by atoms with van der Waals surface area (Å²) < 4.78 is 1.91. The standard InChI is InChI=1S/C17H17N5OS/c1-10-11(5-4-8-18-10)16(23)21(2)17-20-15-12-9-19-22(3)13(12)6-7-14(15)24-17/h4-5,8-9H,6-7H2,1-3H3. The van der Waals surface area contributed by atoms with Crippen LogP contribution in [-0.2, 0) is 19.9 Å². The maximum absolute atomic E-state index is 12.8. The molecule has 0 N–H and O–H groups in total.